The molecule has 1 N–H and O–H groups in total. The lowest BCUT2D eigenvalue weighted by Crippen LogP contribution is -2.20. The summed E-state index contributed by atoms with van der Waals surface area (Å²) >= 11 is 5.77. The number of amides is 1. The van der Waals surface area contributed by atoms with Gasteiger partial charge in [-0.05, 0) is 48.0 Å². The van der Waals surface area contributed by atoms with Crippen LogP contribution in [0, 0.1) is 0 Å². The lowest BCUT2D eigenvalue weighted by Gasteiger charge is -2.06. The highest BCUT2D eigenvalue weighted by Gasteiger charge is 2.08. The van der Waals surface area contributed by atoms with Crippen molar-refractivity contribution in [2.24, 2.45) is 0 Å². The normalized spacial score (nSPS) is 10.4. The number of ether oxygens (including phenoxy) is 2. The van der Waals surface area contributed by atoms with Gasteiger partial charge in [-0.2, -0.15) is 0 Å². The van der Waals surface area contributed by atoms with Crippen molar-refractivity contribution in [1.29, 1.82) is 0 Å². The summed E-state index contributed by atoms with van der Waals surface area (Å²) in [7, 11) is 1.29. The molecule has 26 heavy (non-hydrogen) atoms. The van der Waals surface area contributed by atoms with Gasteiger partial charge in [0.05, 0.1) is 12.7 Å². The number of carbonyl (C=O) groups is 3. The summed E-state index contributed by atoms with van der Waals surface area (Å²) in [5, 5.41) is 3.15. The highest BCUT2D eigenvalue weighted by Crippen LogP contribution is 2.11. The highest BCUT2D eigenvalue weighted by atomic mass is 35.5. The van der Waals surface area contributed by atoms with Gasteiger partial charge in [0.15, 0.2) is 6.61 Å². The average molecular weight is 374 g/mol. The Morgan fingerprint density at radius 2 is 1.69 bits per heavy atom. The van der Waals surface area contributed by atoms with E-state index in [9.17, 15) is 14.4 Å². The smallest absolute Gasteiger partial charge is 0.337 e. The Labute approximate surface area is 155 Å². The summed E-state index contributed by atoms with van der Waals surface area (Å²) in [6.45, 7) is -0.428. The van der Waals surface area contributed by atoms with Gasteiger partial charge in [-0.3, -0.25) is 4.79 Å². The van der Waals surface area contributed by atoms with Crippen LogP contribution in [-0.4, -0.2) is 31.6 Å². The quantitative estimate of drug-likeness (QED) is 0.620. The van der Waals surface area contributed by atoms with E-state index in [2.05, 4.69) is 10.1 Å². The van der Waals surface area contributed by atoms with Crippen molar-refractivity contribution >= 4 is 41.2 Å². The first-order chi connectivity index (χ1) is 12.5. The van der Waals surface area contributed by atoms with Crippen molar-refractivity contribution in [2.75, 3.05) is 19.0 Å². The third kappa shape index (κ3) is 6.07. The van der Waals surface area contributed by atoms with Crippen molar-refractivity contribution in [1.82, 2.24) is 0 Å². The molecule has 7 heteroatoms. The van der Waals surface area contributed by atoms with Crippen molar-refractivity contribution in [2.45, 2.75) is 0 Å². The molecule has 0 saturated carbocycles. The van der Waals surface area contributed by atoms with E-state index in [0.717, 1.165) is 5.56 Å². The topological polar surface area (TPSA) is 81.7 Å². The molecular formula is C19H16ClNO5. The second-order valence-electron chi connectivity index (χ2n) is 5.11. The van der Waals surface area contributed by atoms with Crippen LogP contribution in [0.15, 0.2) is 54.6 Å². The summed E-state index contributed by atoms with van der Waals surface area (Å²) in [5.41, 5.74) is 1.61. The maximum absolute atomic E-state index is 11.8. The van der Waals surface area contributed by atoms with E-state index in [1.165, 1.54) is 25.3 Å². The van der Waals surface area contributed by atoms with E-state index in [4.69, 9.17) is 16.3 Å². The van der Waals surface area contributed by atoms with Gasteiger partial charge >= 0.3 is 11.9 Å². The zero-order valence-electron chi connectivity index (χ0n) is 13.9. The minimum atomic E-state index is -0.642. The minimum Gasteiger partial charge on any atom is -0.465 e. The van der Waals surface area contributed by atoms with Gasteiger partial charge in [-0.1, -0.05) is 23.7 Å². The number of esters is 2. The SMILES string of the molecule is COC(=O)c1ccc(NC(=O)COC(=O)C=Cc2ccc(Cl)cc2)cc1. The molecule has 2 rings (SSSR count). The number of methoxy groups -OCH3 is 1. The Kier molecular flexibility index (Phi) is 6.93. The lowest BCUT2D eigenvalue weighted by atomic mass is 10.2. The molecule has 0 unspecified atom stereocenters. The molecule has 0 aliphatic rings. The maximum Gasteiger partial charge on any atom is 0.337 e. The zero-order chi connectivity index (χ0) is 18.9. The summed E-state index contributed by atoms with van der Waals surface area (Å²) in [6, 6.07) is 13.0. The van der Waals surface area contributed by atoms with Crippen LogP contribution in [0.2, 0.25) is 5.02 Å². The van der Waals surface area contributed by atoms with Crippen molar-refractivity contribution < 1.29 is 23.9 Å². The second kappa shape index (κ2) is 9.39. The highest BCUT2D eigenvalue weighted by molar-refractivity contribution is 6.30. The van der Waals surface area contributed by atoms with Crippen LogP contribution in [0.4, 0.5) is 5.69 Å². The number of anilines is 1. The predicted octanol–water partition coefficient (Wildman–Crippen LogP) is 3.32. The maximum atomic E-state index is 11.8. The van der Waals surface area contributed by atoms with Crippen LogP contribution < -0.4 is 5.32 Å². The number of hydrogen-bond donors (Lipinski definition) is 1. The Morgan fingerprint density at radius 3 is 2.31 bits per heavy atom. The van der Waals surface area contributed by atoms with Gasteiger partial charge in [0.1, 0.15) is 0 Å². The van der Waals surface area contributed by atoms with Gasteiger partial charge in [-0.15, -0.1) is 0 Å². The number of rotatable bonds is 6. The van der Waals surface area contributed by atoms with Crippen LogP contribution in [0.3, 0.4) is 0 Å². The van der Waals surface area contributed by atoms with Gasteiger partial charge in [0.2, 0.25) is 0 Å². The van der Waals surface area contributed by atoms with E-state index in [-0.39, 0.29) is 0 Å². The van der Waals surface area contributed by atoms with E-state index in [0.29, 0.717) is 16.3 Å². The minimum absolute atomic E-state index is 0.365. The largest absolute Gasteiger partial charge is 0.465 e. The Balaban J connectivity index is 1.79. The lowest BCUT2D eigenvalue weighted by molar-refractivity contribution is -0.142. The van der Waals surface area contributed by atoms with Crippen molar-refractivity contribution in [3.8, 4) is 0 Å². The molecule has 0 spiro atoms. The fraction of sp³-hybridized carbons (Fsp3) is 0.105. The Morgan fingerprint density at radius 1 is 1.04 bits per heavy atom. The molecule has 1 amide bonds. The molecule has 0 fully saturated rings. The van der Waals surface area contributed by atoms with E-state index >= 15 is 0 Å². The molecular weight excluding hydrogens is 358 g/mol. The first-order valence-electron chi connectivity index (χ1n) is 7.56. The number of hydrogen-bond acceptors (Lipinski definition) is 5. The van der Waals surface area contributed by atoms with Crippen LogP contribution in [0.25, 0.3) is 6.08 Å². The van der Waals surface area contributed by atoms with Gasteiger partial charge < -0.3 is 14.8 Å². The summed E-state index contributed by atoms with van der Waals surface area (Å²) in [4.78, 5) is 34.7. The summed E-state index contributed by atoms with van der Waals surface area (Å²) < 4.78 is 9.45. The molecule has 0 atom stereocenters. The number of benzene rings is 2. The zero-order valence-corrected chi connectivity index (χ0v) is 14.7. The number of nitrogens with one attached hydrogen (secondary N) is 1. The van der Waals surface area contributed by atoms with Crippen LogP contribution in [0.5, 0.6) is 0 Å². The Hall–Kier alpha value is -3.12. The molecule has 2 aromatic rings. The third-order valence-corrected chi connectivity index (χ3v) is 3.47. The summed E-state index contributed by atoms with van der Waals surface area (Å²) in [5.74, 6) is -1.61. The predicted molar refractivity (Wildman–Crippen MR) is 97.9 cm³/mol. The molecule has 134 valence electrons. The van der Waals surface area contributed by atoms with Gasteiger partial charge in [-0.25, -0.2) is 9.59 Å². The van der Waals surface area contributed by atoms with Gasteiger partial charge in [0.25, 0.3) is 5.91 Å². The van der Waals surface area contributed by atoms with Crippen molar-refractivity contribution in [3.05, 3.63) is 70.8 Å². The van der Waals surface area contributed by atoms with E-state index < -0.39 is 24.5 Å². The van der Waals surface area contributed by atoms with Crippen LogP contribution >= 0.6 is 11.6 Å². The first-order valence-corrected chi connectivity index (χ1v) is 7.94. The first kappa shape index (κ1) is 19.2. The summed E-state index contributed by atoms with van der Waals surface area (Å²) in [6.07, 6.45) is 2.78. The van der Waals surface area contributed by atoms with Crippen molar-refractivity contribution in [3.63, 3.8) is 0 Å². The standard InChI is InChI=1S/C19H16ClNO5/c1-25-19(24)14-5-9-16(10-6-14)21-17(22)12-26-18(23)11-4-13-2-7-15(20)8-3-13/h2-11H,12H2,1H3,(H,21,22). The fourth-order valence-corrected chi connectivity index (χ4v) is 2.05. The second-order valence-corrected chi connectivity index (χ2v) is 5.55. The molecule has 0 radical (unpaired) electrons. The molecule has 0 bridgehead atoms. The fourth-order valence-electron chi connectivity index (χ4n) is 1.93. The Bertz CT molecular complexity index is 813. The van der Waals surface area contributed by atoms with Crippen LogP contribution in [0.1, 0.15) is 15.9 Å². The van der Waals surface area contributed by atoms with E-state index in [1.807, 2.05) is 0 Å². The molecule has 6 nitrogen and oxygen atoms in total. The van der Waals surface area contributed by atoms with Gasteiger partial charge in [0, 0.05) is 16.8 Å². The van der Waals surface area contributed by atoms with E-state index in [1.54, 1.807) is 42.5 Å². The molecule has 0 aromatic heterocycles. The molecule has 2 aromatic carbocycles. The monoisotopic (exact) mass is 373 g/mol. The van der Waals surface area contributed by atoms with Crippen LogP contribution in [-0.2, 0) is 19.1 Å². The molecule has 0 aliphatic carbocycles. The average Bonchev–Trinajstić information content (AvgIpc) is 2.66. The molecule has 0 heterocycles. The number of carbonyl (C=O) groups excluding carboxylic acids is 3. The molecule has 0 aliphatic heterocycles. The number of halogens is 1. The molecule has 0 saturated heterocycles. The third-order valence-electron chi connectivity index (χ3n) is 3.22.